The van der Waals surface area contributed by atoms with Gasteiger partial charge in [-0.25, -0.2) is 0 Å². The zero-order chi connectivity index (χ0) is 13.9. The van der Waals surface area contributed by atoms with Crippen LogP contribution in [0.2, 0.25) is 0 Å². The number of hydrogen-bond acceptors (Lipinski definition) is 2. The minimum Gasteiger partial charge on any atom is -0.394 e. The fraction of sp³-hybridized carbons (Fsp3) is 0.500. The summed E-state index contributed by atoms with van der Waals surface area (Å²) in [6, 6.07) is 5.50. The van der Waals surface area contributed by atoms with E-state index in [4.69, 9.17) is 0 Å². The second kappa shape index (κ2) is 6.37. The van der Waals surface area contributed by atoms with Crippen molar-refractivity contribution in [3.63, 3.8) is 0 Å². The molecule has 104 valence electrons. The largest absolute Gasteiger partial charge is 0.394 e. The maximum atomic E-state index is 12.4. The predicted octanol–water partition coefficient (Wildman–Crippen LogP) is 3.64. The number of rotatable bonds is 3. The second-order valence-electron chi connectivity index (χ2n) is 5.08. The monoisotopic (exact) mass is 389 g/mol. The van der Waals surface area contributed by atoms with Crippen LogP contribution in [0.4, 0.5) is 0 Å². The van der Waals surface area contributed by atoms with Crippen LogP contribution in [-0.2, 0) is 0 Å². The summed E-state index contributed by atoms with van der Waals surface area (Å²) in [5, 5.41) is 12.7. The molecule has 1 aliphatic carbocycles. The van der Waals surface area contributed by atoms with E-state index in [9.17, 15) is 9.90 Å². The highest BCUT2D eigenvalue weighted by atomic mass is 79.9. The minimum atomic E-state index is -0.447. The number of halogens is 2. The predicted molar refractivity (Wildman–Crippen MR) is 82.2 cm³/mol. The van der Waals surface area contributed by atoms with Crippen LogP contribution in [0.5, 0.6) is 0 Å². The Kier molecular flexibility index (Phi) is 5.03. The Morgan fingerprint density at radius 3 is 2.58 bits per heavy atom. The topological polar surface area (TPSA) is 49.3 Å². The molecule has 1 saturated carbocycles. The fourth-order valence-corrected chi connectivity index (χ4v) is 3.32. The molecule has 0 saturated heterocycles. The van der Waals surface area contributed by atoms with Crippen molar-refractivity contribution >= 4 is 37.8 Å². The Hall–Kier alpha value is -0.390. The number of aliphatic hydroxyl groups is 1. The van der Waals surface area contributed by atoms with E-state index in [2.05, 4.69) is 37.2 Å². The molecule has 0 radical (unpaired) electrons. The van der Waals surface area contributed by atoms with Crippen LogP contribution in [0.3, 0.4) is 0 Å². The summed E-state index contributed by atoms with van der Waals surface area (Å²) in [7, 11) is 0. The normalized spacial score (nSPS) is 18.1. The van der Waals surface area contributed by atoms with E-state index in [0.717, 1.165) is 34.6 Å². The van der Waals surface area contributed by atoms with Crippen LogP contribution in [0.25, 0.3) is 0 Å². The molecule has 0 unspecified atom stereocenters. The van der Waals surface area contributed by atoms with Crippen molar-refractivity contribution in [1.82, 2.24) is 5.32 Å². The lowest BCUT2D eigenvalue weighted by Crippen LogP contribution is -2.52. The van der Waals surface area contributed by atoms with Gasteiger partial charge in [0.05, 0.1) is 17.7 Å². The number of hydrogen-bond donors (Lipinski definition) is 2. The molecule has 1 aromatic carbocycles. The van der Waals surface area contributed by atoms with Crippen LogP contribution in [0.1, 0.15) is 42.5 Å². The van der Waals surface area contributed by atoms with Gasteiger partial charge in [-0.1, -0.05) is 35.2 Å². The van der Waals surface area contributed by atoms with Crippen molar-refractivity contribution in [2.75, 3.05) is 6.61 Å². The third-order valence-corrected chi connectivity index (χ3v) is 4.85. The standard InChI is InChI=1S/C14H17Br2NO2/c15-10-4-5-12(16)11(8-10)13(19)17-14(9-18)6-2-1-3-7-14/h4-5,8,18H,1-3,6-7,9H2,(H,17,19). The van der Waals surface area contributed by atoms with Crippen LogP contribution >= 0.6 is 31.9 Å². The van der Waals surface area contributed by atoms with Crippen LogP contribution < -0.4 is 5.32 Å². The van der Waals surface area contributed by atoms with Crippen LogP contribution in [0, 0.1) is 0 Å². The van der Waals surface area contributed by atoms with Gasteiger partial charge >= 0.3 is 0 Å². The molecule has 5 heteroatoms. The molecule has 0 spiro atoms. The number of nitrogens with one attached hydrogen (secondary N) is 1. The molecule has 1 aliphatic rings. The maximum Gasteiger partial charge on any atom is 0.252 e. The van der Waals surface area contributed by atoms with Gasteiger partial charge in [-0.15, -0.1) is 0 Å². The summed E-state index contributed by atoms with van der Waals surface area (Å²) in [4.78, 5) is 12.4. The van der Waals surface area contributed by atoms with Crippen molar-refractivity contribution in [3.05, 3.63) is 32.7 Å². The molecule has 0 atom stereocenters. The van der Waals surface area contributed by atoms with Crippen molar-refractivity contribution in [2.45, 2.75) is 37.6 Å². The highest BCUT2D eigenvalue weighted by molar-refractivity contribution is 9.11. The van der Waals surface area contributed by atoms with E-state index < -0.39 is 5.54 Å². The molecule has 1 fully saturated rings. The second-order valence-corrected chi connectivity index (χ2v) is 6.85. The first-order valence-electron chi connectivity index (χ1n) is 6.45. The summed E-state index contributed by atoms with van der Waals surface area (Å²) in [5.74, 6) is -0.135. The minimum absolute atomic E-state index is 0.00433. The van der Waals surface area contributed by atoms with Gasteiger partial charge < -0.3 is 10.4 Å². The molecule has 0 heterocycles. The van der Waals surface area contributed by atoms with Crippen molar-refractivity contribution in [1.29, 1.82) is 0 Å². The zero-order valence-electron chi connectivity index (χ0n) is 10.6. The molecule has 2 N–H and O–H groups in total. The SMILES string of the molecule is O=C(NC1(CO)CCCCC1)c1cc(Br)ccc1Br. The lowest BCUT2D eigenvalue weighted by molar-refractivity contribution is 0.0758. The van der Waals surface area contributed by atoms with Gasteiger partial charge in [-0.05, 0) is 47.0 Å². The Morgan fingerprint density at radius 2 is 1.95 bits per heavy atom. The van der Waals surface area contributed by atoms with E-state index in [0.29, 0.717) is 5.56 Å². The van der Waals surface area contributed by atoms with Crippen molar-refractivity contribution in [3.8, 4) is 0 Å². The molecule has 1 aromatic rings. The number of carbonyl (C=O) groups is 1. The third kappa shape index (κ3) is 3.58. The van der Waals surface area contributed by atoms with E-state index in [-0.39, 0.29) is 12.5 Å². The molecule has 2 rings (SSSR count). The number of aliphatic hydroxyl groups excluding tert-OH is 1. The van der Waals surface area contributed by atoms with Gasteiger partial charge in [0.15, 0.2) is 0 Å². The van der Waals surface area contributed by atoms with E-state index in [1.165, 1.54) is 6.42 Å². The Bertz CT molecular complexity index is 471. The average molecular weight is 391 g/mol. The smallest absolute Gasteiger partial charge is 0.252 e. The fourth-order valence-electron chi connectivity index (χ4n) is 2.53. The van der Waals surface area contributed by atoms with Gasteiger partial charge in [0.25, 0.3) is 5.91 Å². The lowest BCUT2D eigenvalue weighted by atomic mass is 9.82. The molecular weight excluding hydrogens is 374 g/mol. The Balaban J connectivity index is 2.17. The third-order valence-electron chi connectivity index (χ3n) is 3.67. The van der Waals surface area contributed by atoms with Gasteiger partial charge in [0.2, 0.25) is 0 Å². The first kappa shape index (κ1) is 15.0. The summed E-state index contributed by atoms with van der Waals surface area (Å²) in [5.41, 5.74) is 0.143. The van der Waals surface area contributed by atoms with Crippen LogP contribution in [0.15, 0.2) is 27.1 Å². The molecule has 3 nitrogen and oxygen atoms in total. The highest BCUT2D eigenvalue weighted by Gasteiger charge is 2.33. The molecule has 19 heavy (non-hydrogen) atoms. The molecule has 0 bridgehead atoms. The number of benzene rings is 1. The molecule has 0 aliphatic heterocycles. The maximum absolute atomic E-state index is 12.4. The summed E-state index contributed by atoms with van der Waals surface area (Å²) >= 11 is 6.76. The first-order valence-corrected chi connectivity index (χ1v) is 8.03. The van der Waals surface area contributed by atoms with Crippen LogP contribution in [-0.4, -0.2) is 23.2 Å². The highest BCUT2D eigenvalue weighted by Crippen LogP contribution is 2.29. The summed E-state index contributed by atoms with van der Waals surface area (Å²) < 4.78 is 1.62. The molecule has 0 aromatic heterocycles. The summed E-state index contributed by atoms with van der Waals surface area (Å²) in [6.45, 7) is 0.00433. The van der Waals surface area contributed by atoms with Gasteiger partial charge in [-0.2, -0.15) is 0 Å². The quantitative estimate of drug-likeness (QED) is 0.827. The van der Waals surface area contributed by atoms with Gasteiger partial charge in [0.1, 0.15) is 0 Å². The zero-order valence-corrected chi connectivity index (χ0v) is 13.8. The average Bonchev–Trinajstić information content (AvgIpc) is 2.42. The molecular formula is C14H17Br2NO2. The first-order chi connectivity index (χ1) is 9.06. The van der Waals surface area contributed by atoms with E-state index in [1.807, 2.05) is 12.1 Å². The van der Waals surface area contributed by atoms with Gasteiger partial charge in [-0.3, -0.25) is 4.79 Å². The van der Waals surface area contributed by atoms with Crippen molar-refractivity contribution < 1.29 is 9.90 Å². The van der Waals surface area contributed by atoms with E-state index in [1.54, 1.807) is 6.07 Å². The number of amides is 1. The molecule has 1 amide bonds. The summed E-state index contributed by atoms with van der Waals surface area (Å²) in [6.07, 6.45) is 4.99. The lowest BCUT2D eigenvalue weighted by Gasteiger charge is -2.36. The van der Waals surface area contributed by atoms with Gasteiger partial charge in [0, 0.05) is 8.95 Å². The Morgan fingerprint density at radius 1 is 1.26 bits per heavy atom. The van der Waals surface area contributed by atoms with E-state index >= 15 is 0 Å². The van der Waals surface area contributed by atoms with Crippen molar-refractivity contribution in [2.24, 2.45) is 0 Å². The number of carbonyl (C=O) groups excluding carboxylic acids is 1. The Labute approximate surface area is 130 Å².